The molecule has 116 valence electrons. The highest BCUT2D eigenvalue weighted by Crippen LogP contribution is 2.33. The molecular formula is C15H24BO4P. The average molecular weight is 310 g/mol. The van der Waals surface area contributed by atoms with Gasteiger partial charge in [-0.1, -0.05) is 50.3 Å². The zero-order chi connectivity index (χ0) is 16.3. The van der Waals surface area contributed by atoms with Gasteiger partial charge in [0.25, 0.3) is 0 Å². The Morgan fingerprint density at radius 2 is 1.76 bits per heavy atom. The molecule has 0 aliphatic carbocycles. The predicted molar refractivity (Wildman–Crippen MR) is 88.3 cm³/mol. The molecule has 0 saturated carbocycles. The van der Waals surface area contributed by atoms with Crippen LogP contribution < -0.4 is 0 Å². The van der Waals surface area contributed by atoms with Crippen LogP contribution in [0.4, 0.5) is 0 Å². The highest BCUT2D eigenvalue weighted by Gasteiger charge is 2.20. The molecule has 0 heterocycles. The molecule has 0 spiro atoms. The van der Waals surface area contributed by atoms with E-state index in [1.807, 2.05) is 44.2 Å². The maximum Gasteiger partial charge on any atom is 0.183 e. The molecule has 0 saturated heterocycles. The third-order valence-electron chi connectivity index (χ3n) is 2.79. The lowest BCUT2D eigenvalue weighted by Gasteiger charge is -2.23. The fourth-order valence-electron chi connectivity index (χ4n) is 1.74. The summed E-state index contributed by atoms with van der Waals surface area (Å²) in [7, 11) is 6.37. The van der Waals surface area contributed by atoms with Gasteiger partial charge in [0.2, 0.25) is 0 Å². The molecule has 0 fully saturated rings. The fourth-order valence-corrected chi connectivity index (χ4v) is 2.02. The van der Waals surface area contributed by atoms with E-state index in [-0.39, 0.29) is 11.3 Å². The summed E-state index contributed by atoms with van der Waals surface area (Å²) in [5.74, 6) is 0. The van der Waals surface area contributed by atoms with Gasteiger partial charge in [0, 0.05) is 20.6 Å². The molecule has 1 unspecified atom stereocenters. The van der Waals surface area contributed by atoms with Crippen molar-refractivity contribution >= 4 is 16.2 Å². The van der Waals surface area contributed by atoms with Crippen molar-refractivity contribution in [2.75, 3.05) is 14.2 Å². The first-order valence-electron chi connectivity index (χ1n) is 6.83. The minimum Gasteiger partial charge on any atom is -0.378 e. The van der Waals surface area contributed by atoms with Crippen LogP contribution in [0, 0.1) is 0 Å². The fraction of sp³-hybridized carbons (Fsp3) is 0.467. The number of hydrogen-bond acceptors (Lipinski definition) is 4. The van der Waals surface area contributed by atoms with E-state index in [2.05, 4.69) is 0 Å². The van der Waals surface area contributed by atoms with Crippen molar-refractivity contribution in [2.45, 2.75) is 32.5 Å². The molecule has 0 amide bonds. The van der Waals surface area contributed by atoms with Crippen LogP contribution in [0.5, 0.6) is 0 Å². The third-order valence-corrected chi connectivity index (χ3v) is 3.40. The van der Waals surface area contributed by atoms with Gasteiger partial charge in [0.15, 0.2) is 8.38 Å². The Bertz CT molecular complexity index is 398. The molecule has 1 rings (SSSR count). The molecule has 21 heavy (non-hydrogen) atoms. The van der Waals surface area contributed by atoms with Crippen molar-refractivity contribution < 1.29 is 19.3 Å². The number of methoxy groups -OCH3 is 2. The first kappa shape index (κ1) is 20.3. The summed E-state index contributed by atoms with van der Waals surface area (Å²) in [5.41, 5.74) is 1.11. The molecular weight excluding hydrogens is 286 g/mol. The number of benzene rings is 1. The molecule has 1 aromatic carbocycles. The largest absolute Gasteiger partial charge is 0.378 e. The van der Waals surface area contributed by atoms with E-state index in [4.69, 9.17) is 27.1 Å². The Hall–Kier alpha value is -0.705. The molecule has 0 aromatic heterocycles. The second-order valence-corrected chi connectivity index (χ2v) is 5.14. The van der Waals surface area contributed by atoms with Gasteiger partial charge in [0.05, 0.1) is 6.10 Å². The van der Waals surface area contributed by atoms with Crippen LogP contribution in [-0.2, 0) is 15.9 Å². The minimum atomic E-state index is -2.29. The van der Waals surface area contributed by atoms with Gasteiger partial charge in [-0.05, 0) is 10.8 Å². The van der Waals surface area contributed by atoms with Crippen molar-refractivity contribution in [2.24, 2.45) is 0 Å². The average Bonchev–Trinajstić information content (AvgIpc) is 2.53. The monoisotopic (exact) mass is 310 g/mol. The van der Waals surface area contributed by atoms with Gasteiger partial charge < -0.3 is 19.3 Å². The van der Waals surface area contributed by atoms with Crippen LogP contribution in [0.25, 0.3) is 0 Å². The maximum absolute atomic E-state index is 9.04. The molecule has 6 heteroatoms. The Morgan fingerprint density at radius 3 is 2.19 bits per heavy atom. The summed E-state index contributed by atoms with van der Waals surface area (Å²) >= 11 is 0. The summed E-state index contributed by atoms with van der Waals surface area (Å²) in [6.07, 6.45) is 1.45. The van der Waals surface area contributed by atoms with Crippen molar-refractivity contribution in [3.8, 4) is 0 Å². The molecule has 0 bridgehead atoms. The summed E-state index contributed by atoms with van der Waals surface area (Å²) in [6.45, 7) is 4.00. The van der Waals surface area contributed by atoms with E-state index in [0.717, 1.165) is 5.56 Å². The molecule has 2 atom stereocenters. The summed E-state index contributed by atoms with van der Waals surface area (Å²) < 4.78 is 10.7. The first-order chi connectivity index (χ1) is 10.1. The Kier molecular flexibility index (Phi) is 11.5. The van der Waals surface area contributed by atoms with E-state index in [1.165, 1.54) is 13.2 Å². The normalized spacial score (nSPS) is 14.3. The molecule has 4 nitrogen and oxygen atoms in total. The Balaban J connectivity index is 0.00000191. The lowest BCUT2D eigenvalue weighted by Crippen LogP contribution is -2.30. The van der Waals surface area contributed by atoms with Gasteiger partial charge in [0.1, 0.15) is 14.0 Å². The molecule has 0 aliphatic rings. The van der Waals surface area contributed by atoms with Crippen LogP contribution in [-0.4, -0.2) is 44.1 Å². The van der Waals surface area contributed by atoms with E-state index >= 15 is 0 Å². The van der Waals surface area contributed by atoms with Gasteiger partial charge in [-0.3, -0.25) is 0 Å². The van der Waals surface area contributed by atoms with Crippen molar-refractivity contribution in [1.29, 1.82) is 0 Å². The Morgan fingerprint density at radius 1 is 1.19 bits per heavy atom. The molecule has 2 radical (unpaired) electrons. The smallest absolute Gasteiger partial charge is 0.183 e. The van der Waals surface area contributed by atoms with Crippen LogP contribution in [0.1, 0.15) is 19.4 Å². The van der Waals surface area contributed by atoms with Crippen molar-refractivity contribution in [3.05, 3.63) is 47.2 Å². The SMILES string of the molecule is CC.[B]/C(=C\C(OC)[C@H](Cc1ccccc1)OC)P(O)O. The molecule has 1 aromatic rings. The Labute approximate surface area is 130 Å². The van der Waals surface area contributed by atoms with Gasteiger partial charge >= 0.3 is 0 Å². The standard InChI is InChI=1S/C13H18BO4P.C2H6/c1-17-11(8-10-6-4-3-5-7-10)12(18-2)9-13(14)19(15)16;1-2/h3-7,9,11-12,15-16H,8H2,1-2H3;1-2H3/b13-9+;/t11-,12?;/m0./s1. The maximum atomic E-state index is 9.04. The summed E-state index contributed by atoms with van der Waals surface area (Å²) in [4.78, 5) is 18.1. The number of hydrogen-bond donors (Lipinski definition) is 2. The lowest BCUT2D eigenvalue weighted by molar-refractivity contribution is -0.0107. The zero-order valence-corrected chi connectivity index (χ0v) is 14.0. The highest BCUT2D eigenvalue weighted by atomic mass is 31.2. The van der Waals surface area contributed by atoms with Gasteiger partial charge in [-0.25, -0.2) is 0 Å². The lowest BCUT2D eigenvalue weighted by atomic mass is 10.0. The van der Waals surface area contributed by atoms with E-state index < -0.39 is 14.5 Å². The first-order valence-corrected chi connectivity index (χ1v) is 8.08. The van der Waals surface area contributed by atoms with Crippen molar-refractivity contribution in [1.82, 2.24) is 0 Å². The quantitative estimate of drug-likeness (QED) is 0.600. The zero-order valence-electron chi connectivity index (χ0n) is 13.1. The second kappa shape index (κ2) is 11.9. The van der Waals surface area contributed by atoms with E-state index in [1.54, 1.807) is 7.11 Å². The molecule has 0 aliphatic heterocycles. The van der Waals surface area contributed by atoms with E-state index in [0.29, 0.717) is 6.42 Å². The van der Waals surface area contributed by atoms with Crippen molar-refractivity contribution in [3.63, 3.8) is 0 Å². The molecule has 2 N–H and O–H groups in total. The summed E-state index contributed by atoms with van der Waals surface area (Å²) in [5, 5.41) is 0.0111. The second-order valence-electron chi connectivity index (χ2n) is 4.05. The van der Waals surface area contributed by atoms with E-state index in [9.17, 15) is 0 Å². The highest BCUT2D eigenvalue weighted by molar-refractivity contribution is 7.52. The third kappa shape index (κ3) is 7.75. The van der Waals surface area contributed by atoms with Gasteiger partial charge in [-0.15, -0.1) is 0 Å². The van der Waals surface area contributed by atoms with Crippen LogP contribution in [0.3, 0.4) is 0 Å². The van der Waals surface area contributed by atoms with Crippen LogP contribution in [0.2, 0.25) is 0 Å². The number of rotatable bonds is 7. The van der Waals surface area contributed by atoms with Gasteiger partial charge in [-0.2, -0.15) is 0 Å². The topological polar surface area (TPSA) is 58.9 Å². The summed E-state index contributed by atoms with van der Waals surface area (Å²) in [6, 6.07) is 9.85. The number of ether oxygens (including phenoxy) is 2. The van der Waals surface area contributed by atoms with Crippen LogP contribution >= 0.6 is 8.38 Å². The minimum absolute atomic E-state index is 0.0111. The predicted octanol–water partition coefficient (Wildman–Crippen LogP) is 2.59. The van der Waals surface area contributed by atoms with Crippen LogP contribution in [0.15, 0.2) is 41.6 Å².